The Morgan fingerprint density at radius 3 is 2.24 bits per heavy atom. The molecule has 0 bridgehead atoms. The van der Waals surface area contributed by atoms with Crippen LogP contribution in [0, 0.1) is 0 Å². The van der Waals surface area contributed by atoms with Gasteiger partial charge in [0.1, 0.15) is 6.61 Å². The lowest BCUT2D eigenvalue weighted by molar-refractivity contribution is -0.140. The fourth-order valence-electron chi connectivity index (χ4n) is 5.47. The molecular formula is C31H36BrNO8. The van der Waals surface area contributed by atoms with Crippen molar-refractivity contribution < 1.29 is 38.0 Å². The van der Waals surface area contributed by atoms with Crippen molar-refractivity contribution in [3.63, 3.8) is 0 Å². The minimum absolute atomic E-state index is 0.0580. The molecule has 2 atom stereocenters. The molecule has 1 aliphatic carbocycles. The maximum atomic E-state index is 14.0. The first-order chi connectivity index (χ1) is 19.8. The summed E-state index contributed by atoms with van der Waals surface area (Å²) < 4.78 is 33.6. The minimum Gasteiger partial charge on any atom is -0.493 e. The molecule has 1 heterocycles. The third kappa shape index (κ3) is 6.23. The van der Waals surface area contributed by atoms with Gasteiger partial charge in [0.25, 0.3) is 0 Å². The van der Waals surface area contributed by atoms with E-state index in [2.05, 4.69) is 21.2 Å². The van der Waals surface area contributed by atoms with Crippen LogP contribution in [0.2, 0.25) is 0 Å². The van der Waals surface area contributed by atoms with Crippen molar-refractivity contribution in [3.05, 3.63) is 68.5 Å². The van der Waals surface area contributed by atoms with Crippen LogP contribution in [0.25, 0.3) is 0 Å². The van der Waals surface area contributed by atoms with Crippen LogP contribution in [-0.2, 0) is 19.1 Å². The normalized spacial score (nSPS) is 18.5. The van der Waals surface area contributed by atoms with E-state index in [0.29, 0.717) is 62.9 Å². The maximum absolute atomic E-state index is 14.0. The molecule has 0 spiro atoms. The second kappa shape index (κ2) is 13.4. The lowest BCUT2D eigenvalue weighted by Gasteiger charge is -2.37. The number of esters is 1. The molecule has 41 heavy (non-hydrogen) atoms. The molecule has 2 unspecified atom stereocenters. The number of allylic oxidation sites excluding steroid dienone is 3. The highest BCUT2D eigenvalue weighted by molar-refractivity contribution is 9.10. The predicted octanol–water partition coefficient (Wildman–Crippen LogP) is 5.42. The number of halogens is 1. The molecule has 0 amide bonds. The first-order valence-electron chi connectivity index (χ1n) is 13.4. The Morgan fingerprint density at radius 2 is 1.59 bits per heavy atom. The number of dihydropyridines is 1. The fourth-order valence-corrected chi connectivity index (χ4v) is 6.02. The summed E-state index contributed by atoms with van der Waals surface area (Å²) in [7, 11) is 6.28. The van der Waals surface area contributed by atoms with Crippen molar-refractivity contribution in [2.24, 2.45) is 0 Å². The Balaban J connectivity index is 1.80. The van der Waals surface area contributed by atoms with Crippen LogP contribution in [0.5, 0.6) is 23.0 Å². The summed E-state index contributed by atoms with van der Waals surface area (Å²) in [5.74, 6) is 0.901. The van der Waals surface area contributed by atoms with Crippen molar-refractivity contribution in [2.75, 3.05) is 48.3 Å². The number of carbonyl (C=O) groups is 2. The van der Waals surface area contributed by atoms with Crippen molar-refractivity contribution in [2.45, 2.75) is 38.5 Å². The maximum Gasteiger partial charge on any atom is 0.336 e. The number of nitrogens with one attached hydrogen (secondary N) is 1. The van der Waals surface area contributed by atoms with Gasteiger partial charge in [-0.1, -0.05) is 22.0 Å². The quantitative estimate of drug-likeness (QED) is 0.258. The van der Waals surface area contributed by atoms with E-state index in [1.54, 1.807) is 40.6 Å². The summed E-state index contributed by atoms with van der Waals surface area (Å²) in [6.45, 7) is 4.61. The molecule has 0 saturated heterocycles. The molecule has 220 valence electrons. The molecule has 9 nitrogen and oxygen atoms in total. The molecular weight excluding hydrogens is 594 g/mol. The van der Waals surface area contributed by atoms with Crippen LogP contribution in [0.3, 0.4) is 0 Å². The Labute approximate surface area is 248 Å². The number of rotatable bonds is 11. The molecule has 0 fully saturated rings. The highest BCUT2D eigenvalue weighted by Crippen LogP contribution is 2.49. The number of methoxy groups -OCH3 is 4. The molecule has 2 aromatic rings. The Bertz CT molecular complexity index is 1380. The Morgan fingerprint density at radius 1 is 0.927 bits per heavy atom. The van der Waals surface area contributed by atoms with Gasteiger partial charge in [0.05, 0.1) is 40.6 Å². The van der Waals surface area contributed by atoms with Gasteiger partial charge in [-0.2, -0.15) is 0 Å². The molecule has 1 aliphatic heterocycles. The van der Waals surface area contributed by atoms with Gasteiger partial charge in [-0.3, -0.25) is 4.79 Å². The van der Waals surface area contributed by atoms with Gasteiger partial charge in [-0.05, 0) is 61.6 Å². The van der Waals surface area contributed by atoms with Gasteiger partial charge in [0.2, 0.25) is 0 Å². The molecule has 10 heteroatoms. The molecule has 1 N–H and O–H groups in total. The fraction of sp³-hybridized carbons (Fsp3) is 0.419. The van der Waals surface area contributed by atoms with E-state index >= 15 is 0 Å². The highest BCUT2D eigenvalue weighted by Gasteiger charge is 2.42. The van der Waals surface area contributed by atoms with Crippen molar-refractivity contribution in [1.82, 2.24) is 5.32 Å². The summed E-state index contributed by atoms with van der Waals surface area (Å²) in [6, 6.07) is 9.31. The zero-order chi connectivity index (χ0) is 29.7. The highest BCUT2D eigenvalue weighted by atomic mass is 79.9. The van der Waals surface area contributed by atoms with Gasteiger partial charge >= 0.3 is 5.97 Å². The Hall–Kier alpha value is -3.50. The largest absolute Gasteiger partial charge is 0.493 e. The number of hydrogen-bond acceptors (Lipinski definition) is 9. The number of benzene rings is 2. The monoisotopic (exact) mass is 629 g/mol. The van der Waals surface area contributed by atoms with E-state index in [9.17, 15) is 9.59 Å². The summed E-state index contributed by atoms with van der Waals surface area (Å²) in [5, 5.41) is 3.38. The lowest BCUT2D eigenvalue weighted by atomic mass is 9.71. The van der Waals surface area contributed by atoms with Crippen LogP contribution in [-0.4, -0.2) is 60.0 Å². The first-order valence-corrected chi connectivity index (χ1v) is 14.2. The molecule has 2 aromatic carbocycles. The standard InChI is InChI=1S/C31H36BrNO8/c1-7-40-10-11-41-31(35)28-17(2)33-22-12-19(18-8-9-24(36-3)25(14-18)37-4)13-23(34)30(22)29(28)20-15-26(38-5)27(39-6)16-21(20)32/h8-9,14-16,19,29,33H,7,10-13H2,1-6H3. The van der Waals surface area contributed by atoms with Crippen molar-refractivity contribution in [3.8, 4) is 23.0 Å². The van der Waals surface area contributed by atoms with Crippen LogP contribution >= 0.6 is 15.9 Å². The smallest absolute Gasteiger partial charge is 0.336 e. The third-order valence-electron chi connectivity index (χ3n) is 7.41. The summed E-state index contributed by atoms with van der Waals surface area (Å²) in [4.78, 5) is 27.6. The molecule has 0 aromatic heterocycles. The SMILES string of the molecule is CCOCCOC(=O)C1=C(C)NC2=C(C(=O)CC(c3ccc(OC)c(OC)c3)C2)C1c1cc(OC)c(OC)cc1Br. The van der Waals surface area contributed by atoms with Crippen LogP contribution in [0.1, 0.15) is 49.7 Å². The number of ketones is 1. The zero-order valence-electron chi connectivity index (χ0n) is 24.2. The Kier molecular flexibility index (Phi) is 9.99. The minimum atomic E-state index is -0.682. The van der Waals surface area contributed by atoms with Crippen LogP contribution in [0.4, 0.5) is 0 Å². The van der Waals surface area contributed by atoms with Gasteiger partial charge < -0.3 is 33.7 Å². The average Bonchev–Trinajstić information content (AvgIpc) is 2.97. The van der Waals surface area contributed by atoms with E-state index in [4.69, 9.17) is 28.4 Å². The second-order valence-corrected chi connectivity index (χ2v) is 10.5. The average molecular weight is 631 g/mol. The first kappa shape index (κ1) is 30.5. The van der Waals surface area contributed by atoms with Gasteiger partial charge in [0.15, 0.2) is 28.8 Å². The van der Waals surface area contributed by atoms with E-state index < -0.39 is 11.9 Å². The molecule has 2 aliphatic rings. The van der Waals surface area contributed by atoms with Gasteiger partial charge in [-0.15, -0.1) is 0 Å². The summed E-state index contributed by atoms with van der Waals surface area (Å²) >= 11 is 3.66. The molecule has 4 rings (SSSR count). The van der Waals surface area contributed by atoms with E-state index in [-0.39, 0.29) is 31.3 Å². The third-order valence-corrected chi connectivity index (χ3v) is 8.09. The zero-order valence-corrected chi connectivity index (χ0v) is 25.8. The number of ether oxygens (including phenoxy) is 6. The van der Waals surface area contributed by atoms with E-state index in [1.165, 1.54) is 0 Å². The van der Waals surface area contributed by atoms with Crippen molar-refractivity contribution >= 4 is 27.7 Å². The number of hydrogen-bond donors (Lipinski definition) is 1. The molecule has 0 radical (unpaired) electrons. The molecule has 0 saturated carbocycles. The topological polar surface area (TPSA) is 102 Å². The van der Waals surface area contributed by atoms with E-state index in [1.807, 2.05) is 32.0 Å². The summed E-state index contributed by atoms with van der Waals surface area (Å²) in [6.07, 6.45) is 0.838. The predicted molar refractivity (Wildman–Crippen MR) is 157 cm³/mol. The summed E-state index contributed by atoms with van der Waals surface area (Å²) in [5.41, 5.74) is 3.97. The van der Waals surface area contributed by atoms with Crippen LogP contribution in [0.15, 0.2) is 57.3 Å². The van der Waals surface area contributed by atoms with Gasteiger partial charge in [0, 0.05) is 40.4 Å². The van der Waals surface area contributed by atoms with Crippen molar-refractivity contribution in [1.29, 1.82) is 0 Å². The number of carbonyl (C=O) groups excluding carboxylic acids is 2. The van der Waals surface area contributed by atoms with Crippen LogP contribution < -0.4 is 24.3 Å². The number of Topliss-reactive ketones (excluding diaryl/α,β-unsaturated/α-hetero) is 1. The lowest BCUT2D eigenvalue weighted by Crippen LogP contribution is -2.36. The van der Waals surface area contributed by atoms with Gasteiger partial charge in [-0.25, -0.2) is 4.79 Å². The second-order valence-electron chi connectivity index (χ2n) is 9.69. The van der Waals surface area contributed by atoms with E-state index in [0.717, 1.165) is 11.3 Å².